The second-order valence-electron chi connectivity index (χ2n) is 8.68. The van der Waals surface area contributed by atoms with Gasteiger partial charge in [-0.2, -0.15) is 0 Å². The normalized spacial score (nSPS) is 15.1. The molecule has 0 aliphatic heterocycles. The van der Waals surface area contributed by atoms with Gasteiger partial charge in [-0.3, -0.25) is 19.5 Å². The first-order chi connectivity index (χ1) is 15.9. The van der Waals surface area contributed by atoms with Gasteiger partial charge in [-0.15, -0.1) is 11.3 Å². The van der Waals surface area contributed by atoms with Crippen LogP contribution in [-0.2, 0) is 4.79 Å². The first kappa shape index (κ1) is 23.1. The summed E-state index contributed by atoms with van der Waals surface area (Å²) in [7, 11) is 0. The van der Waals surface area contributed by atoms with E-state index in [0.717, 1.165) is 41.8 Å². The molecule has 0 saturated heterocycles. The van der Waals surface area contributed by atoms with E-state index >= 15 is 0 Å². The van der Waals surface area contributed by atoms with Gasteiger partial charge in [0.15, 0.2) is 0 Å². The summed E-state index contributed by atoms with van der Waals surface area (Å²) in [5.41, 5.74) is 3.17. The molecule has 1 fully saturated rings. The van der Waals surface area contributed by atoms with Crippen LogP contribution in [0.3, 0.4) is 0 Å². The Hall–Kier alpha value is -3.06. The highest BCUT2D eigenvalue weighted by molar-refractivity contribution is 7.13. The zero-order chi connectivity index (χ0) is 23.4. The summed E-state index contributed by atoms with van der Waals surface area (Å²) >= 11 is 1.36. The second-order valence-corrected chi connectivity index (χ2v) is 9.89. The van der Waals surface area contributed by atoms with Crippen molar-refractivity contribution in [3.05, 3.63) is 75.5 Å². The smallest absolute Gasteiger partial charge is 0.271 e. The number of rotatable bonds is 6. The fraction of sp³-hybridized carbons (Fsp3) is 0.385. The minimum Gasteiger partial charge on any atom is -0.351 e. The molecule has 33 heavy (non-hydrogen) atoms. The molecule has 0 radical (unpaired) electrons. The van der Waals surface area contributed by atoms with Crippen molar-refractivity contribution < 1.29 is 9.59 Å². The molecule has 0 spiro atoms. The highest BCUT2D eigenvalue weighted by Crippen LogP contribution is 2.32. The van der Waals surface area contributed by atoms with Crippen LogP contribution in [0.2, 0.25) is 0 Å². The van der Waals surface area contributed by atoms with Crippen molar-refractivity contribution in [3.63, 3.8) is 0 Å². The summed E-state index contributed by atoms with van der Waals surface area (Å²) in [4.78, 5) is 38.5. The Morgan fingerprint density at radius 3 is 2.27 bits per heavy atom. The lowest BCUT2D eigenvalue weighted by Gasteiger charge is -2.33. The molecule has 2 aromatic heterocycles. The van der Waals surface area contributed by atoms with Crippen molar-refractivity contribution in [2.24, 2.45) is 0 Å². The van der Waals surface area contributed by atoms with Crippen molar-refractivity contribution >= 4 is 28.8 Å². The Morgan fingerprint density at radius 2 is 1.67 bits per heavy atom. The number of aryl methyl sites for hydroxylation is 3. The van der Waals surface area contributed by atoms with E-state index in [4.69, 9.17) is 0 Å². The molecule has 0 bridgehead atoms. The summed E-state index contributed by atoms with van der Waals surface area (Å²) in [5, 5.41) is 4.07. The van der Waals surface area contributed by atoms with Gasteiger partial charge in [0.05, 0.1) is 10.7 Å². The van der Waals surface area contributed by atoms with Gasteiger partial charge in [0.1, 0.15) is 10.9 Å². The summed E-state index contributed by atoms with van der Waals surface area (Å²) < 4.78 is 0. The lowest BCUT2D eigenvalue weighted by Crippen LogP contribution is -2.47. The number of thiazole rings is 1. The van der Waals surface area contributed by atoms with Crippen LogP contribution in [0.4, 0.5) is 5.69 Å². The molecule has 3 aromatic rings. The fourth-order valence-electron chi connectivity index (χ4n) is 4.42. The largest absolute Gasteiger partial charge is 0.351 e. The maximum absolute atomic E-state index is 14.0. The Bertz CT molecular complexity index is 1110. The van der Waals surface area contributed by atoms with Gasteiger partial charge in [0.2, 0.25) is 5.91 Å². The van der Waals surface area contributed by atoms with E-state index in [0.29, 0.717) is 16.3 Å². The molecule has 2 heterocycles. The minimum absolute atomic E-state index is 0.137. The molecule has 7 heteroatoms. The third-order valence-electron chi connectivity index (χ3n) is 6.11. The predicted octanol–water partition coefficient (Wildman–Crippen LogP) is 5.30. The topological polar surface area (TPSA) is 75.2 Å². The van der Waals surface area contributed by atoms with Crippen LogP contribution in [0.15, 0.2) is 48.8 Å². The van der Waals surface area contributed by atoms with E-state index in [2.05, 4.69) is 15.3 Å². The Balaban J connectivity index is 1.79. The maximum Gasteiger partial charge on any atom is 0.271 e. The van der Waals surface area contributed by atoms with Crippen LogP contribution in [0, 0.1) is 20.8 Å². The molecule has 1 unspecified atom stereocenters. The molecular formula is C26H30N4O2S. The number of anilines is 1. The van der Waals surface area contributed by atoms with Gasteiger partial charge >= 0.3 is 0 Å². The maximum atomic E-state index is 14.0. The average molecular weight is 463 g/mol. The van der Waals surface area contributed by atoms with Gasteiger partial charge in [0.25, 0.3) is 5.91 Å². The van der Waals surface area contributed by atoms with E-state index in [9.17, 15) is 9.59 Å². The van der Waals surface area contributed by atoms with E-state index < -0.39 is 6.04 Å². The number of aromatic nitrogens is 2. The minimum atomic E-state index is -0.813. The molecule has 6 nitrogen and oxygen atoms in total. The average Bonchev–Trinajstić information content (AvgIpc) is 3.16. The quantitative estimate of drug-likeness (QED) is 0.539. The summed E-state index contributed by atoms with van der Waals surface area (Å²) in [6.07, 6.45) is 8.71. The number of hydrogen-bond acceptors (Lipinski definition) is 5. The number of carbonyl (C=O) groups excluding carboxylic acids is 2. The first-order valence-electron chi connectivity index (χ1n) is 11.5. The molecular weight excluding hydrogens is 432 g/mol. The van der Waals surface area contributed by atoms with E-state index in [1.54, 1.807) is 17.3 Å². The zero-order valence-corrected chi connectivity index (χ0v) is 20.2. The van der Waals surface area contributed by atoms with Crippen LogP contribution in [0.5, 0.6) is 0 Å². The van der Waals surface area contributed by atoms with Crippen molar-refractivity contribution in [1.82, 2.24) is 15.3 Å². The van der Waals surface area contributed by atoms with Gasteiger partial charge in [0, 0.05) is 24.1 Å². The SMILES string of the molecule is Cc1ccc(N(C(=O)c2sc(C)nc2C)C(C(=O)NC2CCCCC2)c2ccncc2)cc1. The highest BCUT2D eigenvalue weighted by Gasteiger charge is 2.36. The molecule has 1 aromatic carbocycles. The summed E-state index contributed by atoms with van der Waals surface area (Å²) in [5.74, 6) is -0.386. The number of pyridine rings is 1. The number of nitrogens with zero attached hydrogens (tertiary/aromatic N) is 3. The highest BCUT2D eigenvalue weighted by atomic mass is 32.1. The van der Waals surface area contributed by atoms with E-state index in [1.165, 1.54) is 17.8 Å². The van der Waals surface area contributed by atoms with Crippen molar-refractivity contribution in [1.29, 1.82) is 0 Å². The molecule has 1 aliphatic rings. The Kier molecular flexibility index (Phi) is 7.18. The molecule has 1 aliphatic carbocycles. The zero-order valence-electron chi connectivity index (χ0n) is 19.4. The summed E-state index contributed by atoms with van der Waals surface area (Å²) in [6, 6.07) is 10.7. The van der Waals surface area contributed by atoms with Crippen LogP contribution in [0.25, 0.3) is 0 Å². The van der Waals surface area contributed by atoms with Gasteiger partial charge in [-0.05, 0) is 63.4 Å². The Labute approximate surface area is 199 Å². The first-order valence-corrected chi connectivity index (χ1v) is 12.3. The summed E-state index contributed by atoms with van der Waals surface area (Å²) in [6.45, 7) is 5.73. The number of carbonyl (C=O) groups is 2. The van der Waals surface area contributed by atoms with E-state index in [1.807, 2.05) is 57.2 Å². The van der Waals surface area contributed by atoms with Crippen LogP contribution < -0.4 is 10.2 Å². The van der Waals surface area contributed by atoms with Gasteiger partial charge < -0.3 is 5.32 Å². The fourth-order valence-corrected chi connectivity index (χ4v) is 5.28. The number of amides is 2. The van der Waals surface area contributed by atoms with Crippen LogP contribution >= 0.6 is 11.3 Å². The molecule has 1 atom stereocenters. The van der Waals surface area contributed by atoms with Crippen molar-refractivity contribution in [3.8, 4) is 0 Å². The number of hydrogen-bond donors (Lipinski definition) is 1. The molecule has 2 amide bonds. The monoisotopic (exact) mass is 462 g/mol. The Morgan fingerprint density at radius 1 is 1.00 bits per heavy atom. The number of benzene rings is 1. The standard InChI is InChI=1S/C26H30N4O2S/c1-17-9-11-22(12-10-17)30(26(32)24-18(2)28-19(3)33-24)23(20-13-15-27-16-14-20)25(31)29-21-7-5-4-6-8-21/h9-16,21,23H,4-8H2,1-3H3,(H,29,31). The molecule has 4 rings (SSSR count). The third-order valence-corrected chi connectivity index (χ3v) is 7.17. The van der Waals surface area contributed by atoms with Crippen molar-refractivity contribution in [2.45, 2.75) is 65.0 Å². The van der Waals surface area contributed by atoms with Gasteiger partial charge in [-0.25, -0.2) is 4.98 Å². The van der Waals surface area contributed by atoms with Crippen LogP contribution in [-0.4, -0.2) is 27.8 Å². The van der Waals surface area contributed by atoms with Crippen molar-refractivity contribution in [2.75, 3.05) is 4.90 Å². The lowest BCUT2D eigenvalue weighted by atomic mass is 9.94. The number of nitrogens with one attached hydrogen (secondary N) is 1. The predicted molar refractivity (Wildman–Crippen MR) is 132 cm³/mol. The molecule has 1 N–H and O–H groups in total. The lowest BCUT2D eigenvalue weighted by molar-refractivity contribution is -0.123. The van der Waals surface area contributed by atoms with E-state index in [-0.39, 0.29) is 17.9 Å². The molecule has 1 saturated carbocycles. The molecule has 172 valence electrons. The second kappa shape index (κ2) is 10.3. The third kappa shape index (κ3) is 5.30. The van der Waals surface area contributed by atoms with Gasteiger partial charge in [-0.1, -0.05) is 37.0 Å². The van der Waals surface area contributed by atoms with Crippen LogP contribution in [0.1, 0.15) is 69.6 Å².